The number of anilines is 3. The van der Waals surface area contributed by atoms with E-state index in [1.54, 1.807) is 36.2 Å². The fourth-order valence-corrected chi connectivity index (χ4v) is 8.28. The van der Waals surface area contributed by atoms with Crippen molar-refractivity contribution in [3.8, 4) is 0 Å². The van der Waals surface area contributed by atoms with Gasteiger partial charge in [0.1, 0.15) is 5.82 Å². The van der Waals surface area contributed by atoms with Gasteiger partial charge in [-0.2, -0.15) is 0 Å². The smallest absolute Gasteiger partial charge is 0.335 e. The molecule has 1 aliphatic rings. The van der Waals surface area contributed by atoms with E-state index in [-0.39, 0.29) is 66.8 Å². The Morgan fingerprint density at radius 2 is 1.35 bits per heavy atom. The van der Waals surface area contributed by atoms with Crippen LogP contribution in [0.15, 0.2) is 84.9 Å². The minimum atomic E-state index is -0.956. The van der Waals surface area contributed by atoms with Gasteiger partial charge in [0.05, 0.1) is 57.5 Å². The Morgan fingerprint density at radius 3 is 2.00 bits per heavy atom. The normalized spacial score (nSPS) is 12.5. The fraction of sp³-hybridized carbons (Fsp3) is 0.481. The second-order valence-corrected chi connectivity index (χ2v) is 17.6. The average Bonchev–Trinajstić information content (AvgIpc) is 3.39. The zero-order valence-electron chi connectivity index (χ0n) is 41.7. The quantitative estimate of drug-likeness (QED) is 0.0344. The third-order valence-corrected chi connectivity index (χ3v) is 12.4. The van der Waals surface area contributed by atoms with Crippen LogP contribution in [0.25, 0.3) is 0 Å². The van der Waals surface area contributed by atoms with E-state index in [4.69, 9.17) is 24.3 Å². The Balaban J connectivity index is 1.15. The molecule has 1 aliphatic heterocycles. The van der Waals surface area contributed by atoms with E-state index >= 15 is 0 Å². The lowest BCUT2D eigenvalue weighted by molar-refractivity contribution is -0.132. The lowest BCUT2D eigenvalue weighted by Crippen LogP contribution is -2.41. The van der Waals surface area contributed by atoms with Gasteiger partial charge in [-0.05, 0) is 110 Å². The van der Waals surface area contributed by atoms with E-state index in [1.807, 2.05) is 60.7 Å². The van der Waals surface area contributed by atoms with Gasteiger partial charge in [0.2, 0.25) is 11.8 Å². The number of carbonyl (C=O) groups is 5. The van der Waals surface area contributed by atoms with Gasteiger partial charge in [-0.3, -0.25) is 24.1 Å². The first-order valence-electron chi connectivity index (χ1n) is 25.0. The van der Waals surface area contributed by atoms with Gasteiger partial charge >= 0.3 is 5.97 Å². The van der Waals surface area contributed by atoms with Gasteiger partial charge in [0.25, 0.3) is 11.8 Å². The molecule has 0 spiro atoms. The van der Waals surface area contributed by atoms with Crippen molar-refractivity contribution in [1.29, 1.82) is 0 Å². The van der Waals surface area contributed by atoms with E-state index < -0.39 is 11.9 Å². The zero-order valence-corrected chi connectivity index (χ0v) is 41.7. The molecule has 1 saturated heterocycles. The number of likely N-dealkylation sites (N-methyl/N-ethyl adjacent to an activating group) is 1. The number of carboxylic acid groups (broad SMARTS) is 1. The van der Waals surface area contributed by atoms with Crippen LogP contribution in [-0.4, -0.2) is 147 Å². The Labute approximate surface area is 418 Å². The number of benzene rings is 3. The first kappa shape index (κ1) is 55.7. The summed E-state index contributed by atoms with van der Waals surface area (Å²) in [5, 5.41) is 26.7. The predicted octanol–water partition coefficient (Wildman–Crippen LogP) is 6.45. The standard InChI is InChI=1S/C54H73N7O10/c1-4-46(5-2)61(30-29-59(3)50(64)25-24-49(63)55-26-32-69-34-36-71-37-35-70-33-31-62)39-42-10-9-11-44(38-42)52(65)57-47-22-23-48(60-27-7-6-8-28-60)58-51(47)53(66)56-45-20-16-41(17-21-45)13-12-40-14-18-43(19-15-40)54(67)68/h9-11,14-23,38,46,62H,4-8,12-13,24-37,39H2,1-3H3,(H,55,63)(H,56,66)(H,57,65)(H,67,68). The van der Waals surface area contributed by atoms with E-state index in [0.717, 1.165) is 74.7 Å². The van der Waals surface area contributed by atoms with Crippen LogP contribution in [0, 0.1) is 0 Å². The summed E-state index contributed by atoms with van der Waals surface area (Å²) in [7, 11) is 1.75. The van der Waals surface area contributed by atoms with Crippen LogP contribution in [0.2, 0.25) is 0 Å². The summed E-state index contributed by atoms with van der Waals surface area (Å²) in [6.07, 6.45) is 6.62. The number of amides is 4. The molecule has 17 nitrogen and oxygen atoms in total. The van der Waals surface area contributed by atoms with Gasteiger partial charge in [0, 0.05) is 76.5 Å². The number of aliphatic hydroxyl groups is 1. The number of aromatic nitrogens is 1. The second kappa shape index (κ2) is 30.5. The molecule has 4 aromatic rings. The van der Waals surface area contributed by atoms with E-state index in [1.165, 1.54) is 0 Å². The number of hydrogen-bond donors (Lipinski definition) is 5. The summed E-state index contributed by atoms with van der Waals surface area (Å²) in [5.41, 5.74) is 4.66. The van der Waals surface area contributed by atoms with Gasteiger partial charge in [-0.1, -0.05) is 50.2 Å². The minimum Gasteiger partial charge on any atom is -0.478 e. The van der Waals surface area contributed by atoms with E-state index in [9.17, 15) is 29.1 Å². The third-order valence-electron chi connectivity index (χ3n) is 12.4. The first-order chi connectivity index (χ1) is 34.5. The number of carbonyl (C=O) groups excluding carboxylic acids is 4. The third kappa shape index (κ3) is 19.1. The fourth-order valence-electron chi connectivity index (χ4n) is 8.28. The summed E-state index contributed by atoms with van der Waals surface area (Å²) in [6, 6.07) is 25.7. The number of aryl methyl sites for hydroxylation is 2. The summed E-state index contributed by atoms with van der Waals surface area (Å²) in [5.74, 6) is -1.46. The summed E-state index contributed by atoms with van der Waals surface area (Å²) in [6.45, 7) is 10.0. The van der Waals surface area contributed by atoms with Gasteiger partial charge < -0.3 is 50.2 Å². The van der Waals surface area contributed by atoms with Crippen LogP contribution >= 0.6 is 0 Å². The summed E-state index contributed by atoms with van der Waals surface area (Å²) in [4.78, 5) is 75.8. The van der Waals surface area contributed by atoms with Crippen molar-refractivity contribution in [2.45, 2.75) is 84.2 Å². The lowest BCUT2D eigenvalue weighted by atomic mass is 10.0. The second-order valence-electron chi connectivity index (χ2n) is 17.6. The van der Waals surface area contributed by atoms with Crippen LogP contribution in [0.1, 0.15) is 107 Å². The van der Waals surface area contributed by atoms with Crippen LogP contribution in [0.4, 0.5) is 17.2 Å². The number of aromatic carboxylic acids is 1. The number of hydrogen-bond acceptors (Lipinski definition) is 12. The molecule has 0 saturated carbocycles. The molecule has 5 rings (SSSR count). The number of ether oxygens (including phenoxy) is 3. The maximum Gasteiger partial charge on any atom is 0.335 e. The van der Waals surface area contributed by atoms with Gasteiger partial charge in [-0.15, -0.1) is 0 Å². The van der Waals surface area contributed by atoms with E-state index in [2.05, 4.69) is 39.6 Å². The zero-order chi connectivity index (χ0) is 50.8. The molecule has 0 aliphatic carbocycles. The topological polar surface area (TPSA) is 212 Å². The minimum absolute atomic E-state index is 0.0244. The van der Waals surface area contributed by atoms with Crippen LogP contribution in [-0.2, 0) is 43.2 Å². The van der Waals surface area contributed by atoms with Crippen molar-refractivity contribution in [3.05, 3.63) is 118 Å². The SMILES string of the molecule is CCC(CC)N(CCN(C)C(=O)CCC(=O)NCCOCCOCCOCCO)Cc1cccc(C(=O)Nc2ccc(N3CCCCC3)nc2C(=O)Nc2ccc(CCc3ccc(C(=O)O)cc3)cc2)c1. The molecular formula is C54H73N7O10. The van der Waals surface area contributed by atoms with Crippen molar-refractivity contribution >= 4 is 46.8 Å². The van der Waals surface area contributed by atoms with Crippen LogP contribution < -0.4 is 20.9 Å². The number of nitrogens with one attached hydrogen (secondary N) is 3. The lowest BCUT2D eigenvalue weighted by Gasteiger charge is -2.32. The highest BCUT2D eigenvalue weighted by Crippen LogP contribution is 2.25. The monoisotopic (exact) mass is 980 g/mol. The summed E-state index contributed by atoms with van der Waals surface area (Å²) >= 11 is 0. The number of pyridine rings is 1. The molecule has 0 bridgehead atoms. The maximum absolute atomic E-state index is 14.0. The van der Waals surface area contributed by atoms with Gasteiger partial charge in [-0.25, -0.2) is 9.78 Å². The Hall–Kier alpha value is -6.24. The maximum atomic E-state index is 14.0. The van der Waals surface area contributed by atoms with Crippen LogP contribution in [0.5, 0.6) is 0 Å². The molecule has 71 heavy (non-hydrogen) atoms. The van der Waals surface area contributed by atoms with Crippen molar-refractivity contribution in [2.24, 2.45) is 0 Å². The molecule has 1 fully saturated rings. The summed E-state index contributed by atoms with van der Waals surface area (Å²) < 4.78 is 16.0. The molecular weight excluding hydrogens is 907 g/mol. The molecule has 384 valence electrons. The molecule has 0 unspecified atom stereocenters. The van der Waals surface area contributed by atoms with Crippen molar-refractivity contribution < 1.29 is 48.4 Å². The molecule has 2 heterocycles. The van der Waals surface area contributed by atoms with Crippen LogP contribution in [0.3, 0.4) is 0 Å². The average molecular weight is 980 g/mol. The van der Waals surface area contributed by atoms with Crippen molar-refractivity contribution in [2.75, 3.05) is 102 Å². The molecule has 5 N–H and O–H groups in total. The number of rotatable bonds is 31. The Kier molecular flexibility index (Phi) is 23.9. The van der Waals surface area contributed by atoms with Crippen molar-refractivity contribution in [3.63, 3.8) is 0 Å². The predicted molar refractivity (Wildman–Crippen MR) is 274 cm³/mol. The number of aliphatic hydroxyl groups excluding tert-OH is 1. The first-order valence-corrected chi connectivity index (χ1v) is 25.0. The van der Waals surface area contributed by atoms with E-state index in [0.29, 0.717) is 76.3 Å². The van der Waals surface area contributed by atoms with Crippen molar-refractivity contribution in [1.82, 2.24) is 20.1 Å². The molecule has 17 heteroatoms. The molecule has 3 aromatic carbocycles. The Morgan fingerprint density at radius 1 is 0.704 bits per heavy atom. The molecule has 1 aromatic heterocycles. The molecule has 0 atom stereocenters. The number of nitrogens with zero attached hydrogens (tertiary/aromatic N) is 4. The molecule has 0 radical (unpaired) electrons. The highest BCUT2D eigenvalue weighted by atomic mass is 16.5. The number of carboxylic acids is 1. The largest absolute Gasteiger partial charge is 0.478 e. The number of piperidine rings is 1. The van der Waals surface area contributed by atoms with Gasteiger partial charge in [0.15, 0.2) is 5.69 Å². The highest BCUT2D eigenvalue weighted by molar-refractivity contribution is 6.11. The Bertz CT molecular complexity index is 2290. The molecule has 4 amide bonds. The highest BCUT2D eigenvalue weighted by Gasteiger charge is 2.23.